The molecule has 0 aromatic heterocycles. The quantitative estimate of drug-likeness (QED) is 0.857. The molecule has 0 fully saturated rings. The van der Waals surface area contributed by atoms with Crippen LogP contribution in [0.4, 0.5) is 14.5 Å². The minimum absolute atomic E-state index is 0.0797. The van der Waals surface area contributed by atoms with Crippen molar-refractivity contribution >= 4 is 17.4 Å². The lowest BCUT2D eigenvalue weighted by molar-refractivity contribution is -0.122. The number of ether oxygens (including phenoxy) is 1. The molecular weight excluding hydrogens is 304 g/mol. The minimum atomic E-state index is -0.930. The maximum atomic E-state index is 13.5. The summed E-state index contributed by atoms with van der Waals surface area (Å²) in [6, 6.07) is 9.05. The largest absolute Gasteiger partial charge is 0.481 e. The first kappa shape index (κ1) is 16.6. The zero-order valence-electron chi connectivity index (χ0n) is 12.6. The Hall–Kier alpha value is -2.76. The van der Waals surface area contributed by atoms with Crippen LogP contribution in [0.3, 0.4) is 0 Å². The zero-order valence-corrected chi connectivity index (χ0v) is 12.6. The highest BCUT2D eigenvalue weighted by Gasteiger charge is 2.17. The van der Waals surface area contributed by atoms with Gasteiger partial charge in [0.1, 0.15) is 17.4 Å². The Bertz CT molecular complexity index is 729. The summed E-state index contributed by atoms with van der Waals surface area (Å²) < 4.78 is 32.0. The molecular formula is C17H15F2NO3. The molecule has 2 rings (SSSR count). The van der Waals surface area contributed by atoms with E-state index in [9.17, 15) is 18.4 Å². The molecule has 23 heavy (non-hydrogen) atoms. The lowest BCUT2D eigenvalue weighted by Gasteiger charge is -2.15. The van der Waals surface area contributed by atoms with E-state index in [1.165, 1.54) is 13.8 Å². The molecule has 0 bridgehead atoms. The van der Waals surface area contributed by atoms with E-state index >= 15 is 0 Å². The van der Waals surface area contributed by atoms with Crippen LogP contribution in [0.2, 0.25) is 0 Å². The molecule has 2 aromatic rings. The predicted molar refractivity (Wildman–Crippen MR) is 81.5 cm³/mol. The highest BCUT2D eigenvalue weighted by atomic mass is 19.1. The van der Waals surface area contributed by atoms with Crippen LogP contribution in [-0.2, 0) is 4.79 Å². The molecule has 0 spiro atoms. The molecule has 1 atom stereocenters. The lowest BCUT2D eigenvalue weighted by Crippen LogP contribution is -2.30. The highest BCUT2D eigenvalue weighted by Crippen LogP contribution is 2.18. The van der Waals surface area contributed by atoms with E-state index in [1.807, 2.05) is 0 Å². The second-order valence-electron chi connectivity index (χ2n) is 4.95. The summed E-state index contributed by atoms with van der Waals surface area (Å²) in [6.45, 7) is 2.92. The number of hydrogen-bond acceptors (Lipinski definition) is 3. The first-order valence-corrected chi connectivity index (χ1v) is 6.90. The fourth-order valence-corrected chi connectivity index (χ4v) is 1.85. The molecule has 1 unspecified atom stereocenters. The monoisotopic (exact) mass is 319 g/mol. The van der Waals surface area contributed by atoms with Gasteiger partial charge in [-0.1, -0.05) is 0 Å². The molecule has 0 aliphatic rings. The van der Waals surface area contributed by atoms with Crippen LogP contribution in [0.15, 0.2) is 42.5 Å². The summed E-state index contributed by atoms with van der Waals surface area (Å²) in [6.07, 6.45) is -0.930. The van der Waals surface area contributed by atoms with Crippen molar-refractivity contribution in [3.63, 3.8) is 0 Å². The Morgan fingerprint density at radius 3 is 2.35 bits per heavy atom. The summed E-state index contributed by atoms with van der Waals surface area (Å²) in [4.78, 5) is 23.2. The van der Waals surface area contributed by atoms with Gasteiger partial charge in [0.2, 0.25) is 0 Å². The summed E-state index contributed by atoms with van der Waals surface area (Å²) in [5.74, 6) is -1.71. The smallest absolute Gasteiger partial charge is 0.265 e. The van der Waals surface area contributed by atoms with Crippen LogP contribution in [0.1, 0.15) is 24.2 Å². The number of amides is 1. The molecule has 6 heteroatoms. The van der Waals surface area contributed by atoms with Gasteiger partial charge in [-0.2, -0.15) is 0 Å². The Morgan fingerprint density at radius 1 is 1.09 bits per heavy atom. The molecule has 0 aliphatic carbocycles. The number of rotatable bonds is 5. The predicted octanol–water partition coefficient (Wildman–Crippen LogP) is 3.57. The van der Waals surface area contributed by atoms with E-state index in [4.69, 9.17) is 4.74 Å². The van der Waals surface area contributed by atoms with Gasteiger partial charge < -0.3 is 10.1 Å². The van der Waals surface area contributed by atoms with E-state index in [2.05, 4.69) is 5.32 Å². The van der Waals surface area contributed by atoms with Crippen molar-refractivity contribution < 1.29 is 23.1 Å². The molecule has 0 heterocycles. The van der Waals surface area contributed by atoms with Crippen molar-refractivity contribution in [3.8, 4) is 5.75 Å². The normalized spacial score (nSPS) is 11.7. The third-order valence-electron chi connectivity index (χ3n) is 3.13. The Labute approximate surface area is 132 Å². The number of Topliss-reactive ketones (excluding diaryl/α,β-unsaturated/α-hetero) is 1. The van der Waals surface area contributed by atoms with Crippen molar-refractivity contribution in [2.75, 3.05) is 5.32 Å². The van der Waals surface area contributed by atoms with E-state index in [0.717, 1.165) is 18.2 Å². The van der Waals surface area contributed by atoms with Crippen molar-refractivity contribution in [1.29, 1.82) is 0 Å². The summed E-state index contributed by atoms with van der Waals surface area (Å²) >= 11 is 0. The summed E-state index contributed by atoms with van der Waals surface area (Å²) in [5.41, 5.74) is 0.272. The fraction of sp³-hybridized carbons (Fsp3) is 0.176. The van der Waals surface area contributed by atoms with Crippen LogP contribution in [0.25, 0.3) is 0 Å². The first-order chi connectivity index (χ1) is 10.9. The number of hydrogen-bond donors (Lipinski definition) is 1. The number of halogens is 2. The lowest BCUT2D eigenvalue weighted by atomic mass is 10.1. The number of ketones is 1. The molecule has 4 nitrogen and oxygen atoms in total. The Balaban J connectivity index is 2.02. The maximum absolute atomic E-state index is 13.5. The summed E-state index contributed by atoms with van der Waals surface area (Å²) in [7, 11) is 0. The molecule has 1 N–H and O–H groups in total. The highest BCUT2D eigenvalue weighted by molar-refractivity contribution is 5.95. The van der Waals surface area contributed by atoms with Crippen LogP contribution in [0.5, 0.6) is 5.75 Å². The minimum Gasteiger partial charge on any atom is -0.481 e. The van der Waals surface area contributed by atoms with Crippen molar-refractivity contribution in [2.45, 2.75) is 20.0 Å². The maximum Gasteiger partial charge on any atom is 0.265 e. The average molecular weight is 319 g/mol. The van der Waals surface area contributed by atoms with Crippen molar-refractivity contribution in [2.24, 2.45) is 0 Å². The first-order valence-electron chi connectivity index (χ1n) is 6.90. The number of benzene rings is 2. The Morgan fingerprint density at radius 2 is 1.74 bits per heavy atom. The van der Waals surface area contributed by atoms with Gasteiger partial charge in [0, 0.05) is 11.6 Å². The Kier molecular flexibility index (Phi) is 5.05. The van der Waals surface area contributed by atoms with Gasteiger partial charge in [0.15, 0.2) is 11.9 Å². The number of anilines is 1. The van der Waals surface area contributed by atoms with E-state index in [1.54, 1.807) is 24.3 Å². The van der Waals surface area contributed by atoms with Crippen LogP contribution in [-0.4, -0.2) is 17.8 Å². The molecule has 2 aromatic carbocycles. The molecule has 120 valence electrons. The number of carbonyl (C=O) groups is 2. The van der Waals surface area contributed by atoms with E-state index in [-0.39, 0.29) is 11.5 Å². The third-order valence-corrected chi connectivity index (χ3v) is 3.13. The van der Waals surface area contributed by atoms with Gasteiger partial charge in [-0.15, -0.1) is 0 Å². The van der Waals surface area contributed by atoms with Gasteiger partial charge >= 0.3 is 0 Å². The zero-order chi connectivity index (χ0) is 17.0. The van der Waals surface area contributed by atoms with Gasteiger partial charge in [0.05, 0.1) is 5.69 Å². The van der Waals surface area contributed by atoms with Crippen LogP contribution >= 0.6 is 0 Å². The van der Waals surface area contributed by atoms with Crippen molar-refractivity contribution in [3.05, 3.63) is 59.7 Å². The fourth-order valence-electron chi connectivity index (χ4n) is 1.85. The van der Waals surface area contributed by atoms with E-state index in [0.29, 0.717) is 11.3 Å². The van der Waals surface area contributed by atoms with E-state index < -0.39 is 23.6 Å². The van der Waals surface area contributed by atoms with Gasteiger partial charge in [-0.3, -0.25) is 9.59 Å². The SMILES string of the molecule is CC(=O)c1ccc(OC(C)C(=O)Nc2cc(F)ccc2F)cc1. The molecule has 0 saturated carbocycles. The molecule has 1 amide bonds. The van der Waals surface area contributed by atoms with Gasteiger partial charge in [0.25, 0.3) is 5.91 Å². The third kappa shape index (κ3) is 4.35. The van der Waals surface area contributed by atoms with Crippen molar-refractivity contribution in [1.82, 2.24) is 0 Å². The molecule has 0 aliphatic heterocycles. The number of carbonyl (C=O) groups excluding carboxylic acids is 2. The summed E-state index contributed by atoms with van der Waals surface area (Å²) in [5, 5.41) is 2.27. The van der Waals surface area contributed by atoms with Gasteiger partial charge in [-0.25, -0.2) is 8.78 Å². The topological polar surface area (TPSA) is 55.4 Å². The van der Waals surface area contributed by atoms with Gasteiger partial charge in [-0.05, 0) is 50.2 Å². The average Bonchev–Trinajstić information content (AvgIpc) is 2.51. The number of nitrogens with one attached hydrogen (secondary N) is 1. The second-order valence-corrected chi connectivity index (χ2v) is 4.95. The second kappa shape index (κ2) is 7.00. The van der Waals surface area contributed by atoms with Crippen LogP contribution < -0.4 is 10.1 Å². The standard InChI is InChI=1S/C17H15F2NO3/c1-10(21)12-3-6-14(7-4-12)23-11(2)17(22)20-16-9-13(18)5-8-15(16)19/h3-9,11H,1-2H3,(H,20,22). The molecule has 0 saturated heterocycles. The van der Waals surface area contributed by atoms with Crippen LogP contribution in [0, 0.1) is 11.6 Å². The molecule has 0 radical (unpaired) electrons.